The predicted molar refractivity (Wildman–Crippen MR) is 210 cm³/mol. The molecule has 0 unspecified atom stereocenters. The predicted octanol–water partition coefficient (Wildman–Crippen LogP) is 13.6. The minimum Gasteiger partial charge on any atom is -0.0616 e. The lowest BCUT2D eigenvalue weighted by Crippen LogP contribution is -2.14. The van der Waals surface area contributed by atoms with Crippen LogP contribution < -0.4 is 0 Å². The van der Waals surface area contributed by atoms with E-state index in [1.54, 1.807) is 0 Å². The van der Waals surface area contributed by atoms with Crippen molar-refractivity contribution in [2.75, 3.05) is 0 Å². The van der Waals surface area contributed by atoms with Gasteiger partial charge in [-0.15, -0.1) is 0 Å². The minimum absolute atomic E-state index is 0.0952. The van der Waals surface area contributed by atoms with E-state index in [4.69, 9.17) is 0 Å². The highest BCUT2D eigenvalue weighted by Crippen LogP contribution is 2.55. The van der Waals surface area contributed by atoms with Crippen LogP contribution in [-0.4, -0.2) is 0 Å². The Morgan fingerprint density at radius 3 is 1.47 bits per heavy atom. The maximum Gasteiger partial charge on any atom is 0.0159 e. The van der Waals surface area contributed by atoms with Crippen molar-refractivity contribution in [1.29, 1.82) is 0 Å². The van der Waals surface area contributed by atoms with Crippen molar-refractivity contribution in [2.45, 2.75) is 19.3 Å². The Morgan fingerprint density at radius 1 is 0.306 bits per heavy atom. The van der Waals surface area contributed by atoms with E-state index in [1.165, 1.54) is 98.7 Å². The van der Waals surface area contributed by atoms with E-state index in [-0.39, 0.29) is 5.41 Å². The summed E-state index contributed by atoms with van der Waals surface area (Å²) in [6.45, 7) is 4.77. The van der Waals surface area contributed by atoms with Gasteiger partial charge >= 0.3 is 0 Å². The van der Waals surface area contributed by atoms with Gasteiger partial charge in [-0.05, 0) is 111 Å². The minimum atomic E-state index is -0.0952. The summed E-state index contributed by atoms with van der Waals surface area (Å²) >= 11 is 0. The Kier molecular flexibility index (Phi) is 6.02. The van der Waals surface area contributed by atoms with Gasteiger partial charge in [0.25, 0.3) is 0 Å². The summed E-state index contributed by atoms with van der Waals surface area (Å²) < 4.78 is 0. The molecule has 0 radical (unpaired) electrons. The van der Waals surface area contributed by atoms with Gasteiger partial charge in [-0.25, -0.2) is 0 Å². The molecule has 0 spiro atoms. The van der Waals surface area contributed by atoms with Crippen molar-refractivity contribution in [3.63, 3.8) is 0 Å². The van der Waals surface area contributed by atoms with Crippen molar-refractivity contribution in [3.05, 3.63) is 181 Å². The highest BCUT2D eigenvalue weighted by Gasteiger charge is 2.37. The molecule has 0 nitrogen and oxygen atoms in total. The van der Waals surface area contributed by atoms with Crippen molar-refractivity contribution < 1.29 is 0 Å². The summed E-state index contributed by atoms with van der Waals surface area (Å²) in [6, 6.07) is 63.1. The molecule has 1 aliphatic rings. The number of rotatable bonds is 3. The zero-order valence-corrected chi connectivity index (χ0v) is 27.7. The van der Waals surface area contributed by atoms with Gasteiger partial charge in [-0.1, -0.05) is 172 Å². The molecule has 10 rings (SSSR count). The van der Waals surface area contributed by atoms with Crippen molar-refractivity contribution in [1.82, 2.24) is 0 Å². The molecule has 0 aliphatic heterocycles. The first-order chi connectivity index (χ1) is 24.1. The van der Waals surface area contributed by atoms with Crippen LogP contribution >= 0.6 is 0 Å². The van der Waals surface area contributed by atoms with Crippen molar-refractivity contribution in [2.24, 2.45) is 0 Å². The Bertz CT molecular complexity index is 2720. The van der Waals surface area contributed by atoms with Crippen LogP contribution in [0, 0.1) is 0 Å². The van der Waals surface area contributed by atoms with Crippen LogP contribution in [0.5, 0.6) is 0 Å². The van der Waals surface area contributed by atoms with E-state index in [0.717, 1.165) is 0 Å². The lowest BCUT2D eigenvalue weighted by atomic mass is 9.80. The standard InChI is InChI=1S/C49H34/c1-49(2)44-24-12-23-42(48(44)43-29-34-14-3-4-15-35(34)30-45(43)49)47-40-20-9-7-18-38(40)46(39-19-8-10-21-41(39)47)33-27-25-32(26-28-33)37-22-11-16-31-13-5-6-17-36(31)37/h3-30H,1-2H3. The quantitative estimate of drug-likeness (QED) is 0.172. The third-order valence-electron chi connectivity index (χ3n) is 11.0. The second-order valence-electron chi connectivity index (χ2n) is 14.0. The molecule has 0 fully saturated rings. The highest BCUT2D eigenvalue weighted by atomic mass is 14.4. The van der Waals surface area contributed by atoms with Gasteiger partial charge in [-0.2, -0.15) is 0 Å². The molecule has 0 aromatic heterocycles. The summed E-state index contributed by atoms with van der Waals surface area (Å²) in [4.78, 5) is 0. The first-order valence-corrected chi connectivity index (χ1v) is 17.3. The van der Waals surface area contributed by atoms with Gasteiger partial charge < -0.3 is 0 Å². The van der Waals surface area contributed by atoms with Crippen LogP contribution in [0.4, 0.5) is 0 Å². The lowest BCUT2D eigenvalue weighted by molar-refractivity contribution is 0.661. The molecular weight excluding hydrogens is 589 g/mol. The van der Waals surface area contributed by atoms with E-state index in [0.29, 0.717) is 0 Å². The van der Waals surface area contributed by atoms with Gasteiger partial charge in [0.15, 0.2) is 0 Å². The number of fused-ring (bicyclic) bond motifs is 7. The van der Waals surface area contributed by atoms with Gasteiger partial charge in [0.05, 0.1) is 0 Å². The molecular formula is C49H34. The molecule has 9 aromatic carbocycles. The number of benzene rings is 9. The first-order valence-electron chi connectivity index (χ1n) is 17.3. The molecule has 230 valence electrons. The maximum atomic E-state index is 2.43. The van der Waals surface area contributed by atoms with E-state index in [1.807, 2.05) is 0 Å². The zero-order valence-electron chi connectivity index (χ0n) is 27.7. The summed E-state index contributed by atoms with van der Waals surface area (Å²) in [7, 11) is 0. The van der Waals surface area contributed by atoms with Crippen LogP contribution in [0.1, 0.15) is 25.0 Å². The fraction of sp³-hybridized carbons (Fsp3) is 0.0612. The lowest BCUT2D eigenvalue weighted by Gasteiger charge is -2.23. The molecule has 9 aromatic rings. The number of hydrogen-bond acceptors (Lipinski definition) is 0. The highest BCUT2D eigenvalue weighted by molar-refractivity contribution is 6.23. The van der Waals surface area contributed by atoms with E-state index in [9.17, 15) is 0 Å². The molecule has 0 heterocycles. The fourth-order valence-electron chi connectivity index (χ4n) is 8.70. The third-order valence-corrected chi connectivity index (χ3v) is 11.0. The molecule has 0 saturated heterocycles. The second-order valence-corrected chi connectivity index (χ2v) is 14.0. The normalized spacial score (nSPS) is 13.3. The first kappa shape index (κ1) is 28.1. The average Bonchev–Trinajstić information content (AvgIpc) is 3.38. The third kappa shape index (κ3) is 4.11. The SMILES string of the molecule is CC1(C)c2cc3ccccc3cc2-c2c(-c3c4ccccc4c(-c4ccc(-c5cccc6ccccc56)cc4)c4ccccc34)cccc21. The van der Waals surface area contributed by atoms with E-state index in [2.05, 4.69) is 184 Å². The van der Waals surface area contributed by atoms with Crippen LogP contribution in [-0.2, 0) is 5.41 Å². The molecule has 0 amide bonds. The maximum absolute atomic E-state index is 2.43. The Morgan fingerprint density at radius 2 is 0.796 bits per heavy atom. The van der Waals surface area contributed by atoms with Crippen LogP contribution in [0.15, 0.2) is 170 Å². The Labute approximate surface area is 286 Å². The van der Waals surface area contributed by atoms with Crippen molar-refractivity contribution in [3.8, 4) is 44.5 Å². The fourth-order valence-corrected chi connectivity index (χ4v) is 8.70. The van der Waals surface area contributed by atoms with Gasteiger partial charge in [0.2, 0.25) is 0 Å². The average molecular weight is 623 g/mol. The molecule has 49 heavy (non-hydrogen) atoms. The zero-order chi connectivity index (χ0) is 32.7. The van der Waals surface area contributed by atoms with Gasteiger partial charge in [-0.3, -0.25) is 0 Å². The molecule has 0 heteroatoms. The van der Waals surface area contributed by atoms with Gasteiger partial charge in [0, 0.05) is 5.41 Å². The number of hydrogen-bond donors (Lipinski definition) is 0. The molecule has 0 N–H and O–H groups in total. The van der Waals surface area contributed by atoms with Gasteiger partial charge in [0.1, 0.15) is 0 Å². The second kappa shape index (κ2) is 10.5. The summed E-state index contributed by atoms with van der Waals surface area (Å²) in [6.07, 6.45) is 0. The van der Waals surface area contributed by atoms with Crippen LogP contribution in [0.25, 0.3) is 87.6 Å². The van der Waals surface area contributed by atoms with E-state index < -0.39 is 0 Å². The molecule has 0 atom stereocenters. The monoisotopic (exact) mass is 622 g/mol. The Hall–Kier alpha value is -5.98. The smallest absolute Gasteiger partial charge is 0.0159 e. The largest absolute Gasteiger partial charge is 0.0616 e. The summed E-state index contributed by atoms with van der Waals surface area (Å²) in [5.74, 6) is 0. The van der Waals surface area contributed by atoms with Crippen molar-refractivity contribution >= 4 is 43.1 Å². The topological polar surface area (TPSA) is 0 Å². The summed E-state index contributed by atoms with van der Waals surface area (Å²) in [5.41, 5.74) is 13.1. The molecule has 0 bridgehead atoms. The Balaban J connectivity index is 1.22. The summed E-state index contributed by atoms with van der Waals surface area (Å²) in [5, 5.41) is 10.3. The van der Waals surface area contributed by atoms with Crippen LogP contribution in [0.2, 0.25) is 0 Å². The van der Waals surface area contributed by atoms with E-state index >= 15 is 0 Å². The molecule has 0 saturated carbocycles. The molecule has 1 aliphatic carbocycles. The van der Waals surface area contributed by atoms with Crippen LogP contribution in [0.3, 0.4) is 0 Å².